The zero-order valence-corrected chi connectivity index (χ0v) is 9.50. The van der Waals surface area contributed by atoms with E-state index < -0.39 is 0 Å². The Morgan fingerprint density at radius 1 is 1.44 bits per heavy atom. The average Bonchev–Trinajstić information content (AvgIpc) is 2.34. The molecule has 1 aliphatic rings. The predicted octanol–water partition coefficient (Wildman–Crippen LogP) is 0.0953. The first-order valence-corrected chi connectivity index (χ1v) is 5.22. The highest BCUT2D eigenvalue weighted by molar-refractivity contribution is 5.65. The number of hydrogen-bond acceptors (Lipinski definition) is 6. The van der Waals surface area contributed by atoms with Crippen LogP contribution in [0.5, 0.6) is 0 Å². The molecule has 0 saturated carbocycles. The number of nitrogens with one attached hydrogen (secondary N) is 1. The Balaban J connectivity index is 2.34. The van der Waals surface area contributed by atoms with Crippen LogP contribution >= 0.6 is 0 Å². The number of aliphatic hydroxyl groups is 1. The van der Waals surface area contributed by atoms with Gasteiger partial charge in [0.15, 0.2) is 0 Å². The molecule has 2 rings (SSSR count). The molecular weight excluding hydrogens is 234 g/mol. The minimum atomic E-state index is 0.0824. The van der Waals surface area contributed by atoms with Gasteiger partial charge in [0.1, 0.15) is 23.2 Å². The van der Waals surface area contributed by atoms with Crippen molar-refractivity contribution in [2.24, 2.45) is 0 Å². The summed E-state index contributed by atoms with van der Waals surface area (Å²) >= 11 is 0. The maximum atomic E-state index is 10.5. The number of nitrogens with two attached hydrogens (primary N) is 2. The topological polar surface area (TPSA) is 118 Å². The molecule has 0 saturated heterocycles. The molecular formula is C11H13N5O2. The molecule has 7 nitrogen and oxygen atoms in total. The Kier molecular flexibility index (Phi) is 3.05. The van der Waals surface area contributed by atoms with Crippen LogP contribution in [-0.2, 0) is 4.79 Å². The summed E-state index contributed by atoms with van der Waals surface area (Å²) in [6.45, 7) is 0.370. The number of rotatable bonds is 3. The van der Waals surface area contributed by atoms with Crippen molar-refractivity contribution < 1.29 is 9.90 Å². The van der Waals surface area contributed by atoms with Crippen LogP contribution in [0.4, 0.5) is 17.3 Å². The van der Waals surface area contributed by atoms with Crippen LogP contribution in [0, 0.1) is 0 Å². The maximum absolute atomic E-state index is 10.5. The lowest BCUT2D eigenvalue weighted by atomic mass is 10.2. The second kappa shape index (κ2) is 4.66. The molecule has 0 spiro atoms. The number of aromatic nitrogens is 1. The second-order valence-electron chi connectivity index (χ2n) is 3.68. The van der Waals surface area contributed by atoms with E-state index in [-0.39, 0.29) is 11.6 Å². The number of anilines is 3. The zero-order valence-electron chi connectivity index (χ0n) is 9.50. The van der Waals surface area contributed by atoms with Crippen LogP contribution in [0.25, 0.3) is 0 Å². The van der Waals surface area contributed by atoms with E-state index >= 15 is 0 Å². The van der Waals surface area contributed by atoms with Gasteiger partial charge in [-0.1, -0.05) is 0 Å². The summed E-state index contributed by atoms with van der Waals surface area (Å²) in [6, 6.07) is 3.32. The summed E-state index contributed by atoms with van der Waals surface area (Å²) in [6.07, 6.45) is 3.54. The quantitative estimate of drug-likeness (QED) is 0.562. The lowest BCUT2D eigenvalue weighted by molar-refractivity contribution is -0.108. The predicted molar refractivity (Wildman–Crippen MR) is 68.4 cm³/mol. The van der Waals surface area contributed by atoms with Gasteiger partial charge in [-0.2, -0.15) is 0 Å². The maximum Gasteiger partial charge on any atom is 0.212 e. The molecule has 1 aromatic heterocycles. The van der Waals surface area contributed by atoms with Gasteiger partial charge in [0.2, 0.25) is 6.41 Å². The first kappa shape index (κ1) is 11.8. The summed E-state index contributed by atoms with van der Waals surface area (Å²) in [7, 11) is 0. The molecule has 0 radical (unpaired) electrons. The number of aliphatic hydroxyl groups excluding tert-OH is 1. The average molecular weight is 247 g/mol. The minimum Gasteiger partial charge on any atom is -0.508 e. The third-order valence-corrected chi connectivity index (χ3v) is 2.48. The van der Waals surface area contributed by atoms with Crippen molar-refractivity contribution in [3.05, 3.63) is 35.9 Å². The summed E-state index contributed by atoms with van der Waals surface area (Å²) in [5.74, 6) is 1.25. The smallest absolute Gasteiger partial charge is 0.212 e. The van der Waals surface area contributed by atoms with Crippen molar-refractivity contribution in [2.75, 3.05) is 22.9 Å². The van der Waals surface area contributed by atoms with E-state index in [0.29, 0.717) is 30.3 Å². The monoisotopic (exact) mass is 247 g/mol. The molecule has 94 valence electrons. The van der Waals surface area contributed by atoms with Crippen molar-refractivity contribution in [1.29, 1.82) is 0 Å². The van der Waals surface area contributed by atoms with Crippen molar-refractivity contribution in [2.45, 2.75) is 0 Å². The van der Waals surface area contributed by atoms with E-state index in [4.69, 9.17) is 11.5 Å². The number of carbonyl (C=O) groups is 1. The fourth-order valence-electron chi connectivity index (χ4n) is 1.58. The van der Waals surface area contributed by atoms with E-state index in [1.807, 2.05) is 0 Å². The zero-order chi connectivity index (χ0) is 13.1. The molecule has 0 fully saturated rings. The van der Waals surface area contributed by atoms with Gasteiger partial charge >= 0.3 is 0 Å². The van der Waals surface area contributed by atoms with Crippen LogP contribution in [0.2, 0.25) is 0 Å². The van der Waals surface area contributed by atoms with Crippen molar-refractivity contribution >= 4 is 23.7 Å². The number of amides is 1. The van der Waals surface area contributed by atoms with E-state index in [2.05, 4.69) is 10.3 Å². The van der Waals surface area contributed by atoms with Crippen molar-refractivity contribution in [3.63, 3.8) is 0 Å². The molecule has 1 aromatic rings. The third kappa shape index (κ3) is 2.19. The van der Waals surface area contributed by atoms with Gasteiger partial charge < -0.3 is 26.8 Å². The molecule has 6 N–H and O–H groups in total. The van der Waals surface area contributed by atoms with Crippen LogP contribution in [0.1, 0.15) is 0 Å². The summed E-state index contributed by atoms with van der Waals surface area (Å²) in [5, 5.41) is 11.9. The lowest BCUT2D eigenvalue weighted by Gasteiger charge is -2.27. The van der Waals surface area contributed by atoms with Gasteiger partial charge in [0.05, 0.1) is 5.69 Å². The number of nitrogens with zero attached hydrogens (tertiary/aromatic N) is 2. The van der Waals surface area contributed by atoms with E-state index in [0.717, 1.165) is 0 Å². The molecule has 0 aromatic carbocycles. The highest BCUT2D eigenvalue weighted by Crippen LogP contribution is 2.23. The van der Waals surface area contributed by atoms with Gasteiger partial charge in [0, 0.05) is 12.6 Å². The Hall–Kier alpha value is -2.70. The van der Waals surface area contributed by atoms with Crippen LogP contribution in [-0.4, -0.2) is 23.0 Å². The molecule has 2 heterocycles. The fraction of sp³-hybridized carbons (Fsp3) is 0.0909. The number of carbonyl (C=O) groups excluding carboxylic acids is 1. The highest BCUT2D eigenvalue weighted by Gasteiger charge is 2.17. The van der Waals surface area contributed by atoms with E-state index in [9.17, 15) is 9.90 Å². The molecule has 7 heteroatoms. The number of allylic oxidation sites excluding steroid dienone is 1. The third-order valence-electron chi connectivity index (χ3n) is 2.48. The van der Waals surface area contributed by atoms with Crippen LogP contribution in [0.15, 0.2) is 35.9 Å². The SMILES string of the molecule is Nc1ccc(N2CC=C(O)C=C2NC=O)nc1N. The Morgan fingerprint density at radius 2 is 2.22 bits per heavy atom. The molecule has 1 amide bonds. The molecule has 0 atom stereocenters. The van der Waals surface area contributed by atoms with Gasteiger partial charge in [-0.3, -0.25) is 4.79 Å². The number of hydrogen-bond donors (Lipinski definition) is 4. The Bertz CT molecular complexity index is 538. The second-order valence-corrected chi connectivity index (χ2v) is 3.68. The minimum absolute atomic E-state index is 0.0824. The molecule has 1 aliphatic heterocycles. The molecule has 0 unspecified atom stereocenters. The summed E-state index contributed by atoms with van der Waals surface area (Å²) < 4.78 is 0. The molecule has 18 heavy (non-hydrogen) atoms. The van der Waals surface area contributed by atoms with Crippen LogP contribution in [0.3, 0.4) is 0 Å². The highest BCUT2D eigenvalue weighted by atomic mass is 16.3. The van der Waals surface area contributed by atoms with Crippen molar-refractivity contribution in [1.82, 2.24) is 10.3 Å². The largest absolute Gasteiger partial charge is 0.508 e. The Morgan fingerprint density at radius 3 is 2.89 bits per heavy atom. The van der Waals surface area contributed by atoms with Gasteiger partial charge in [-0.15, -0.1) is 0 Å². The number of pyridine rings is 1. The van der Waals surface area contributed by atoms with E-state index in [1.54, 1.807) is 23.1 Å². The molecule has 0 aliphatic carbocycles. The summed E-state index contributed by atoms with van der Waals surface area (Å²) in [5.41, 5.74) is 11.6. The summed E-state index contributed by atoms with van der Waals surface area (Å²) in [4.78, 5) is 16.3. The van der Waals surface area contributed by atoms with E-state index in [1.165, 1.54) is 6.08 Å². The van der Waals surface area contributed by atoms with Gasteiger partial charge in [-0.05, 0) is 18.2 Å². The first-order valence-electron chi connectivity index (χ1n) is 5.22. The van der Waals surface area contributed by atoms with Crippen LogP contribution < -0.4 is 21.7 Å². The lowest BCUT2D eigenvalue weighted by Crippen LogP contribution is -2.34. The Labute approximate surface area is 103 Å². The van der Waals surface area contributed by atoms with Gasteiger partial charge in [0.25, 0.3) is 0 Å². The van der Waals surface area contributed by atoms with Crippen molar-refractivity contribution in [3.8, 4) is 0 Å². The first-order chi connectivity index (χ1) is 8.61. The number of nitrogen functional groups attached to an aromatic ring is 2. The standard InChI is InChI=1S/C11H13N5O2/c12-8-1-2-9(15-11(8)13)16-4-3-7(18)5-10(16)14-6-17/h1-3,5-6,18H,4,12H2,(H2,13,15)(H,14,17). The normalized spacial score (nSPS) is 14.8. The van der Waals surface area contributed by atoms with Gasteiger partial charge in [-0.25, -0.2) is 4.98 Å². The molecule has 0 bridgehead atoms. The fourth-order valence-corrected chi connectivity index (χ4v) is 1.58.